The number of allylic oxidation sites excluding steroid dienone is 3. The first-order chi connectivity index (χ1) is 5.47. The molecule has 0 saturated heterocycles. The van der Waals surface area contributed by atoms with Crippen LogP contribution in [0, 0.1) is 5.41 Å². The molecule has 1 aliphatic carbocycles. The Kier molecular flexibility index (Phi) is 2.22. The molecule has 12 heavy (non-hydrogen) atoms. The third-order valence-electron chi connectivity index (χ3n) is 2.91. The van der Waals surface area contributed by atoms with E-state index in [1.807, 2.05) is 6.92 Å². The zero-order chi connectivity index (χ0) is 9.35. The van der Waals surface area contributed by atoms with E-state index in [1.165, 1.54) is 5.57 Å². The van der Waals surface area contributed by atoms with Gasteiger partial charge < -0.3 is 0 Å². The van der Waals surface area contributed by atoms with Crippen molar-refractivity contribution in [1.82, 2.24) is 0 Å². The van der Waals surface area contributed by atoms with E-state index in [2.05, 4.69) is 19.6 Å². The van der Waals surface area contributed by atoms with Crippen LogP contribution in [0.15, 0.2) is 23.8 Å². The molecule has 66 valence electrons. The van der Waals surface area contributed by atoms with E-state index in [9.17, 15) is 4.79 Å². The molecule has 0 heterocycles. The van der Waals surface area contributed by atoms with Crippen LogP contribution in [0.1, 0.15) is 33.6 Å². The Morgan fingerprint density at radius 3 is 2.67 bits per heavy atom. The first-order valence-corrected chi connectivity index (χ1v) is 4.32. The Hall–Kier alpha value is -0.850. The summed E-state index contributed by atoms with van der Waals surface area (Å²) in [6.45, 7) is 9.70. The molecular weight excluding hydrogens is 148 g/mol. The zero-order valence-electron chi connectivity index (χ0n) is 8.11. The van der Waals surface area contributed by atoms with Crippen LogP contribution >= 0.6 is 0 Å². The summed E-state index contributed by atoms with van der Waals surface area (Å²) in [5, 5.41) is 0. The molecular formula is C11H16O. The monoisotopic (exact) mass is 164 g/mol. The first kappa shape index (κ1) is 9.24. The fraction of sp³-hybridized carbons (Fsp3) is 0.545. The Bertz CT molecular complexity index is 260. The highest BCUT2D eigenvalue weighted by atomic mass is 16.1. The molecule has 1 unspecified atom stereocenters. The van der Waals surface area contributed by atoms with Crippen molar-refractivity contribution < 1.29 is 4.79 Å². The van der Waals surface area contributed by atoms with Gasteiger partial charge in [-0.1, -0.05) is 23.8 Å². The lowest BCUT2D eigenvalue weighted by molar-refractivity contribution is -0.123. The smallest absolute Gasteiger partial charge is 0.140 e. The third-order valence-corrected chi connectivity index (χ3v) is 2.91. The Labute approximate surface area is 74.2 Å². The van der Waals surface area contributed by atoms with E-state index in [1.54, 1.807) is 6.92 Å². The molecule has 0 saturated carbocycles. The second kappa shape index (κ2) is 2.89. The molecule has 0 amide bonds. The molecule has 0 aromatic heterocycles. The van der Waals surface area contributed by atoms with E-state index in [0.717, 1.165) is 18.4 Å². The first-order valence-electron chi connectivity index (χ1n) is 4.32. The molecule has 0 spiro atoms. The van der Waals surface area contributed by atoms with Crippen molar-refractivity contribution in [3.8, 4) is 0 Å². The molecule has 0 aromatic rings. The molecule has 0 bridgehead atoms. The highest BCUT2D eigenvalue weighted by Crippen LogP contribution is 2.39. The molecule has 1 rings (SSSR count). The van der Waals surface area contributed by atoms with Gasteiger partial charge in [-0.2, -0.15) is 0 Å². The lowest BCUT2D eigenvalue weighted by Crippen LogP contribution is -2.29. The standard InChI is InChI=1S/C11H16O/c1-8-5-6-11(4,10(3)12)9(2)7-8/h5H,2,6-7H2,1,3-4H3. The number of hydrogen-bond donors (Lipinski definition) is 0. The second-order valence-corrected chi connectivity index (χ2v) is 3.92. The lowest BCUT2D eigenvalue weighted by atomic mass is 9.71. The maximum Gasteiger partial charge on any atom is 0.140 e. The van der Waals surface area contributed by atoms with Gasteiger partial charge in [-0.25, -0.2) is 0 Å². The SMILES string of the molecule is C=C1CC(C)=CCC1(C)C(C)=O. The molecule has 0 aliphatic heterocycles. The van der Waals surface area contributed by atoms with Crippen molar-refractivity contribution in [2.45, 2.75) is 33.6 Å². The van der Waals surface area contributed by atoms with Crippen LogP contribution in [0.5, 0.6) is 0 Å². The summed E-state index contributed by atoms with van der Waals surface area (Å²) in [6.07, 6.45) is 3.86. The van der Waals surface area contributed by atoms with Crippen LogP contribution in [-0.4, -0.2) is 5.78 Å². The Balaban J connectivity index is 2.96. The number of carbonyl (C=O) groups excluding carboxylic acids is 1. The van der Waals surface area contributed by atoms with Gasteiger partial charge in [0.2, 0.25) is 0 Å². The van der Waals surface area contributed by atoms with Crippen LogP contribution in [-0.2, 0) is 4.79 Å². The van der Waals surface area contributed by atoms with Gasteiger partial charge in [0.15, 0.2) is 0 Å². The number of Topliss-reactive ketones (excluding diaryl/α,β-unsaturated/α-hetero) is 1. The normalized spacial score (nSPS) is 29.9. The van der Waals surface area contributed by atoms with E-state index in [-0.39, 0.29) is 11.2 Å². The van der Waals surface area contributed by atoms with E-state index in [4.69, 9.17) is 0 Å². The van der Waals surface area contributed by atoms with Crippen LogP contribution in [0.2, 0.25) is 0 Å². The molecule has 1 atom stereocenters. The second-order valence-electron chi connectivity index (χ2n) is 3.92. The molecule has 0 aromatic carbocycles. The fourth-order valence-corrected chi connectivity index (χ4v) is 1.52. The minimum Gasteiger partial charge on any atom is -0.299 e. The molecule has 0 radical (unpaired) electrons. The maximum absolute atomic E-state index is 11.3. The van der Waals surface area contributed by atoms with E-state index in [0.29, 0.717) is 0 Å². The largest absolute Gasteiger partial charge is 0.299 e. The van der Waals surface area contributed by atoms with Crippen LogP contribution in [0.3, 0.4) is 0 Å². The van der Waals surface area contributed by atoms with Crippen LogP contribution in [0.4, 0.5) is 0 Å². The maximum atomic E-state index is 11.3. The van der Waals surface area contributed by atoms with Crippen molar-refractivity contribution >= 4 is 5.78 Å². The zero-order valence-corrected chi connectivity index (χ0v) is 8.11. The highest BCUT2D eigenvalue weighted by molar-refractivity contribution is 5.85. The fourth-order valence-electron chi connectivity index (χ4n) is 1.52. The van der Waals surface area contributed by atoms with Crippen LogP contribution in [0.25, 0.3) is 0 Å². The number of carbonyl (C=O) groups is 1. The quantitative estimate of drug-likeness (QED) is 0.545. The number of rotatable bonds is 1. The predicted molar refractivity (Wildman–Crippen MR) is 50.9 cm³/mol. The van der Waals surface area contributed by atoms with Crippen molar-refractivity contribution in [1.29, 1.82) is 0 Å². The van der Waals surface area contributed by atoms with Gasteiger partial charge in [0.05, 0.1) is 5.41 Å². The topological polar surface area (TPSA) is 17.1 Å². The van der Waals surface area contributed by atoms with Gasteiger partial charge in [-0.15, -0.1) is 0 Å². The molecule has 0 fully saturated rings. The average Bonchev–Trinajstić information content (AvgIpc) is 1.97. The van der Waals surface area contributed by atoms with E-state index < -0.39 is 0 Å². The summed E-state index contributed by atoms with van der Waals surface area (Å²) in [6, 6.07) is 0. The molecule has 1 heteroatoms. The van der Waals surface area contributed by atoms with Crippen molar-refractivity contribution in [2.24, 2.45) is 5.41 Å². The Morgan fingerprint density at radius 2 is 2.25 bits per heavy atom. The van der Waals surface area contributed by atoms with Gasteiger partial charge in [-0.3, -0.25) is 4.79 Å². The van der Waals surface area contributed by atoms with Gasteiger partial charge in [-0.05, 0) is 33.6 Å². The molecule has 1 nitrogen and oxygen atoms in total. The number of hydrogen-bond acceptors (Lipinski definition) is 1. The summed E-state index contributed by atoms with van der Waals surface area (Å²) in [7, 11) is 0. The van der Waals surface area contributed by atoms with Gasteiger partial charge in [0.25, 0.3) is 0 Å². The third kappa shape index (κ3) is 1.36. The molecule has 0 N–H and O–H groups in total. The Morgan fingerprint density at radius 1 is 1.67 bits per heavy atom. The summed E-state index contributed by atoms with van der Waals surface area (Å²) >= 11 is 0. The summed E-state index contributed by atoms with van der Waals surface area (Å²) < 4.78 is 0. The highest BCUT2D eigenvalue weighted by Gasteiger charge is 2.33. The van der Waals surface area contributed by atoms with Crippen molar-refractivity contribution in [3.63, 3.8) is 0 Å². The minimum absolute atomic E-state index is 0.233. The summed E-state index contributed by atoms with van der Waals surface area (Å²) in [5.41, 5.74) is 2.10. The van der Waals surface area contributed by atoms with Crippen molar-refractivity contribution in [2.75, 3.05) is 0 Å². The van der Waals surface area contributed by atoms with Crippen LogP contribution < -0.4 is 0 Å². The number of ketones is 1. The van der Waals surface area contributed by atoms with Crippen molar-refractivity contribution in [3.05, 3.63) is 23.8 Å². The van der Waals surface area contributed by atoms with Gasteiger partial charge >= 0.3 is 0 Å². The molecule has 1 aliphatic rings. The predicted octanol–water partition coefficient (Wildman–Crippen LogP) is 2.88. The van der Waals surface area contributed by atoms with E-state index >= 15 is 0 Å². The van der Waals surface area contributed by atoms with Gasteiger partial charge in [0, 0.05) is 0 Å². The lowest BCUT2D eigenvalue weighted by Gasteiger charge is -2.32. The average molecular weight is 164 g/mol. The minimum atomic E-state index is -0.292. The summed E-state index contributed by atoms with van der Waals surface area (Å²) in [4.78, 5) is 11.3. The van der Waals surface area contributed by atoms with Gasteiger partial charge in [0.1, 0.15) is 5.78 Å². The summed E-state index contributed by atoms with van der Waals surface area (Å²) in [5.74, 6) is 0.233.